The first kappa shape index (κ1) is 11.9. The van der Waals surface area contributed by atoms with Gasteiger partial charge >= 0.3 is 0 Å². The molecule has 0 aliphatic carbocycles. The molecule has 0 atom stereocenters. The number of nitrogens with two attached hydrogens (primary N) is 1. The van der Waals surface area contributed by atoms with Gasteiger partial charge in [0.05, 0.1) is 5.69 Å². The number of nitrogens with zero attached hydrogens (tertiary/aromatic N) is 1. The number of aryl methyl sites for hydroxylation is 1. The number of anilines is 3. The first-order chi connectivity index (χ1) is 8.61. The summed E-state index contributed by atoms with van der Waals surface area (Å²) in [7, 11) is 0. The Kier molecular flexibility index (Phi) is 3.16. The summed E-state index contributed by atoms with van der Waals surface area (Å²) in [6.45, 7) is 1.91. The second kappa shape index (κ2) is 4.76. The van der Waals surface area contributed by atoms with E-state index in [0.29, 0.717) is 11.4 Å². The van der Waals surface area contributed by atoms with E-state index in [2.05, 4.69) is 5.32 Å². The van der Waals surface area contributed by atoms with E-state index in [-0.39, 0.29) is 5.56 Å². The Morgan fingerprint density at radius 3 is 2.72 bits per heavy atom. The van der Waals surface area contributed by atoms with E-state index in [0.717, 1.165) is 11.3 Å². The number of benzene rings is 2. The summed E-state index contributed by atoms with van der Waals surface area (Å²) in [5.74, 6) is -0.538. The molecule has 0 unspecified atom stereocenters. The van der Waals surface area contributed by atoms with Crippen LogP contribution in [0.3, 0.4) is 0 Å². The fraction of sp³-hybridized carbons (Fsp3) is 0.0714. The van der Waals surface area contributed by atoms with Crippen LogP contribution in [0.4, 0.5) is 21.5 Å². The smallest absolute Gasteiger partial charge is 0.143 e. The van der Waals surface area contributed by atoms with Crippen LogP contribution in [0.2, 0.25) is 0 Å². The van der Waals surface area contributed by atoms with Crippen LogP contribution in [0.25, 0.3) is 0 Å². The summed E-state index contributed by atoms with van der Waals surface area (Å²) >= 11 is 0. The molecule has 0 bridgehead atoms. The fourth-order valence-electron chi connectivity index (χ4n) is 1.66. The molecular weight excluding hydrogens is 229 g/mol. The van der Waals surface area contributed by atoms with Crippen LogP contribution in [-0.2, 0) is 0 Å². The van der Waals surface area contributed by atoms with Crippen molar-refractivity contribution in [2.45, 2.75) is 6.92 Å². The molecule has 0 spiro atoms. The van der Waals surface area contributed by atoms with E-state index in [1.165, 1.54) is 6.07 Å². The highest BCUT2D eigenvalue weighted by Gasteiger charge is 2.08. The molecular formula is C14H12FN3. The van der Waals surface area contributed by atoms with E-state index >= 15 is 0 Å². The van der Waals surface area contributed by atoms with Crippen molar-refractivity contribution >= 4 is 17.1 Å². The lowest BCUT2D eigenvalue weighted by molar-refractivity contribution is 0.624. The maximum atomic E-state index is 13.4. The van der Waals surface area contributed by atoms with Crippen molar-refractivity contribution in [2.75, 3.05) is 11.1 Å². The summed E-state index contributed by atoms with van der Waals surface area (Å²) < 4.78 is 13.4. The molecule has 0 saturated carbocycles. The number of halogens is 1. The molecule has 2 aromatic rings. The Balaban J connectivity index is 2.44. The largest absolute Gasteiger partial charge is 0.399 e. The Morgan fingerprint density at radius 1 is 1.22 bits per heavy atom. The average Bonchev–Trinajstić information content (AvgIpc) is 2.34. The minimum atomic E-state index is -0.538. The molecule has 0 radical (unpaired) electrons. The number of nitriles is 1. The van der Waals surface area contributed by atoms with E-state index in [9.17, 15) is 4.39 Å². The van der Waals surface area contributed by atoms with Gasteiger partial charge in [0, 0.05) is 11.4 Å². The molecule has 3 nitrogen and oxygen atoms in total. The van der Waals surface area contributed by atoms with E-state index < -0.39 is 5.82 Å². The standard InChI is InChI=1S/C14H12FN3/c1-9-5-6-10(17)7-14(9)18-13-4-2-3-12(15)11(13)8-16/h2-7,18H,17H2,1H3. The lowest BCUT2D eigenvalue weighted by atomic mass is 10.1. The number of hydrogen-bond donors (Lipinski definition) is 2. The van der Waals surface area contributed by atoms with Gasteiger partial charge in [0.25, 0.3) is 0 Å². The lowest BCUT2D eigenvalue weighted by Gasteiger charge is -2.11. The Labute approximate surface area is 105 Å². The quantitative estimate of drug-likeness (QED) is 0.793. The van der Waals surface area contributed by atoms with Gasteiger partial charge in [-0.25, -0.2) is 4.39 Å². The fourth-order valence-corrected chi connectivity index (χ4v) is 1.66. The van der Waals surface area contributed by atoms with Crippen LogP contribution < -0.4 is 11.1 Å². The molecule has 0 amide bonds. The zero-order valence-corrected chi connectivity index (χ0v) is 9.87. The highest BCUT2D eigenvalue weighted by atomic mass is 19.1. The summed E-state index contributed by atoms with van der Waals surface area (Å²) in [6, 6.07) is 11.7. The zero-order chi connectivity index (χ0) is 13.1. The molecule has 4 heteroatoms. The number of hydrogen-bond acceptors (Lipinski definition) is 3. The highest BCUT2D eigenvalue weighted by Crippen LogP contribution is 2.26. The van der Waals surface area contributed by atoms with Crippen LogP contribution >= 0.6 is 0 Å². The van der Waals surface area contributed by atoms with Gasteiger partial charge in [-0.2, -0.15) is 5.26 Å². The highest BCUT2D eigenvalue weighted by molar-refractivity contribution is 5.71. The zero-order valence-electron chi connectivity index (χ0n) is 9.87. The van der Waals surface area contributed by atoms with Crippen molar-refractivity contribution in [3.8, 4) is 6.07 Å². The molecule has 0 heterocycles. The van der Waals surface area contributed by atoms with Gasteiger partial charge in [0.2, 0.25) is 0 Å². The van der Waals surface area contributed by atoms with Crippen LogP contribution in [0.1, 0.15) is 11.1 Å². The summed E-state index contributed by atoms with van der Waals surface area (Å²) in [4.78, 5) is 0. The Bertz CT molecular complexity index is 629. The summed E-state index contributed by atoms with van der Waals surface area (Å²) in [5, 5.41) is 12.0. The molecule has 0 fully saturated rings. The molecule has 18 heavy (non-hydrogen) atoms. The van der Waals surface area contributed by atoms with E-state index in [1.54, 1.807) is 24.3 Å². The van der Waals surface area contributed by atoms with E-state index in [1.807, 2.05) is 19.1 Å². The normalized spacial score (nSPS) is 9.83. The van der Waals surface area contributed by atoms with Crippen molar-refractivity contribution in [2.24, 2.45) is 0 Å². The molecule has 2 rings (SSSR count). The summed E-state index contributed by atoms with van der Waals surface area (Å²) in [5.41, 5.74) is 8.48. The van der Waals surface area contributed by atoms with Gasteiger partial charge in [-0.1, -0.05) is 12.1 Å². The number of rotatable bonds is 2. The first-order valence-corrected chi connectivity index (χ1v) is 5.43. The molecule has 0 saturated heterocycles. The van der Waals surface area contributed by atoms with Gasteiger partial charge < -0.3 is 11.1 Å². The second-order valence-electron chi connectivity index (χ2n) is 3.97. The van der Waals surface area contributed by atoms with Gasteiger partial charge in [0.15, 0.2) is 0 Å². The topological polar surface area (TPSA) is 61.8 Å². The van der Waals surface area contributed by atoms with Crippen molar-refractivity contribution in [3.63, 3.8) is 0 Å². The van der Waals surface area contributed by atoms with Crippen LogP contribution in [-0.4, -0.2) is 0 Å². The molecule has 0 aliphatic rings. The van der Waals surface area contributed by atoms with Crippen molar-refractivity contribution in [3.05, 3.63) is 53.3 Å². The minimum absolute atomic E-state index is 0.000625. The van der Waals surface area contributed by atoms with Crippen molar-refractivity contribution in [1.82, 2.24) is 0 Å². The van der Waals surface area contributed by atoms with Gasteiger partial charge in [-0.05, 0) is 36.8 Å². The monoisotopic (exact) mass is 241 g/mol. The number of nitrogens with one attached hydrogen (secondary N) is 1. The van der Waals surface area contributed by atoms with Crippen LogP contribution in [0.15, 0.2) is 36.4 Å². The van der Waals surface area contributed by atoms with Crippen LogP contribution in [0, 0.1) is 24.1 Å². The van der Waals surface area contributed by atoms with Crippen LogP contribution in [0.5, 0.6) is 0 Å². The third-order valence-electron chi connectivity index (χ3n) is 2.66. The molecule has 0 aliphatic heterocycles. The predicted molar refractivity (Wildman–Crippen MR) is 70.0 cm³/mol. The Hall–Kier alpha value is -2.54. The first-order valence-electron chi connectivity index (χ1n) is 5.43. The maximum absolute atomic E-state index is 13.4. The molecule has 3 N–H and O–H groups in total. The molecule has 90 valence electrons. The molecule has 2 aromatic carbocycles. The lowest BCUT2D eigenvalue weighted by Crippen LogP contribution is -1.98. The second-order valence-corrected chi connectivity index (χ2v) is 3.97. The van der Waals surface area contributed by atoms with Crippen molar-refractivity contribution < 1.29 is 4.39 Å². The third-order valence-corrected chi connectivity index (χ3v) is 2.66. The number of nitrogen functional groups attached to an aromatic ring is 1. The predicted octanol–water partition coefficient (Wildman–Crippen LogP) is 3.33. The minimum Gasteiger partial charge on any atom is -0.399 e. The van der Waals surface area contributed by atoms with Crippen molar-refractivity contribution in [1.29, 1.82) is 5.26 Å². The SMILES string of the molecule is Cc1ccc(N)cc1Nc1cccc(F)c1C#N. The van der Waals surface area contributed by atoms with Gasteiger partial charge in [-0.3, -0.25) is 0 Å². The Morgan fingerprint density at radius 2 is 2.00 bits per heavy atom. The van der Waals surface area contributed by atoms with Gasteiger partial charge in [-0.15, -0.1) is 0 Å². The molecule has 0 aromatic heterocycles. The maximum Gasteiger partial charge on any atom is 0.143 e. The summed E-state index contributed by atoms with van der Waals surface area (Å²) in [6.07, 6.45) is 0. The third kappa shape index (κ3) is 2.25. The van der Waals surface area contributed by atoms with Gasteiger partial charge in [0.1, 0.15) is 17.4 Å². The average molecular weight is 241 g/mol. The van der Waals surface area contributed by atoms with E-state index in [4.69, 9.17) is 11.0 Å².